The Morgan fingerprint density at radius 2 is 1.65 bits per heavy atom. The van der Waals surface area contributed by atoms with Gasteiger partial charge in [0, 0.05) is 23.0 Å². The zero-order chi connectivity index (χ0) is 18.1. The number of pyridine rings is 2. The van der Waals surface area contributed by atoms with Crippen LogP contribution in [0.3, 0.4) is 0 Å². The molecule has 0 fully saturated rings. The van der Waals surface area contributed by atoms with Crippen molar-refractivity contribution in [3.05, 3.63) is 82.3 Å². The normalized spacial score (nSPS) is 10.6. The number of hydrogen-bond donors (Lipinski definition) is 1. The van der Waals surface area contributed by atoms with Gasteiger partial charge in [0.25, 0.3) is 0 Å². The Labute approximate surface area is 147 Å². The van der Waals surface area contributed by atoms with E-state index in [-0.39, 0.29) is 17.2 Å². The topological polar surface area (TPSA) is 85.3 Å². The van der Waals surface area contributed by atoms with Crippen molar-refractivity contribution in [3.8, 4) is 0 Å². The summed E-state index contributed by atoms with van der Waals surface area (Å²) in [5, 5.41) is 16.2. The molecule has 7 nitrogen and oxygen atoms in total. The second-order valence-corrected chi connectivity index (χ2v) is 5.58. The largest absolute Gasteiger partial charge is 0.333 e. The predicted molar refractivity (Wildman–Crippen MR) is 99.7 cm³/mol. The third kappa shape index (κ3) is 2.56. The van der Waals surface area contributed by atoms with Crippen molar-refractivity contribution < 1.29 is 4.92 Å². The number of aromatic nitrogens is 2. The molecule has 0 aliphatic rings. The van der Waals surface area contributed by atoms with Crippen molar-refractivity contribution in [2.45, 2.75) is 0 Å². The Morgan fingerprint density at radius 3 is 2.23 bits per heavy atom. The third-order valence-electron chi connectivity index (χ3n) is 4.01. The summed E-state index contributed by atoms with van der Waals surface area (Å²) in [6.07, 6.45) is 1.31. The molecule has 4 rings (SSSR count). The predicted octanol–water partition coefficient (Wildman–Crippen LogP) is 4.99. The summed E-state index contributed by atoms with van der Waals surface area (Å²) in [6, 6.07) is 16.3. The molecule has 2 heterocycles. The highest BCUT2D eigenvalue weighted by molar-refractivity contribution is 6.08. The van der Waals surface area contributed by atoms with Crippen LogP contribution in [0.5, 0.6) is 0 Å². The van der Waals surface area contributed by atoms with Gasteiger partial charge in [0.2, 0.25) is 11.5 Å². The number of para-hydroxylation sites is 2. The van der Waals surface area contributed by atoms with Crippen LogP contribution in [-0.4, -0.2) is 14.9 Å². The summed E-state index contributed by atoms with van der Waals surface area (Å²) in [5.41, 5.74) is 2.11. The van der Waals surface area contributed by atoms with Gasteiger partial charge in [-0.1, -0.05) is 36.4 Å². The Kier molecular flexibility index (Phi) is 3.64. The first kappa shape index (κ1) is 15.5. The van der Waals surface area contributed by atoms with E-state index in [1.807, 2.05) is 48.5 Å². The maximum Gasteiger partial charge on any atom is 0.301 e. The van der Waals surface area contributed by atoms with Gasteiger partial charge in [-0.15, -0.1) is 0 Å². The summed E-state index contributed by atoms with van der Waals surface area (Å²) >= 11 is 0. The highest BCUT2D eigenvalue weighted by Gasteiger charge is 2.18. The van der Waals surface area contributed by atoms with E-state index < -0.39 is 4.92 Å². The van der Waals surface area contributed by atoms with E-state index in [9.17, 15) is 10.1 Å². The van der Waals surface area contributed by atoms with E-state index in [1.54, 1.807) is 0 Å². The van der Waals surface area contributed by atoms with Crippen molar-refractivity contribution in [2.24, 2.45) is 0 Å². The lowest BCUT2D eigenvalue weighted by Gasteiger charge is -2.13. The van der Waals surface area contributed by atoms with Gasteiger partial charge in [-0.05, 0) is 12.1 Å². The molecule has 26 heavy (non-hydrogen) atoms. The van der Waals surface area contributed by atoms with Crippen LogP contribution in [0.15, 0.2) is 60.8 Å². The fraction of sp³-hybridized carbons (Fsp3) is 0. The number of nitrogens with zero attached hydrogens (tertiary/aromatic N) is 4. The van der Waals surface area contributed by atoms with Gasteiger partial charge in [0.15, 0.2) is 0 Å². The van der Waals surface area contributed by atoms with E-state index in [1.165, 1.54) is 12.3 Å². The first-order valence-electron chi connectivity index (χ1n) is 7.74. The van der Waals surface area contributed by atoms with E-state index in [0.717, 1.165) is 21.8 Å². The van der Waals surface area contributed by atoms with Crippen LogP contribution in [0.4, 0.5) is 22.9 Å². The quantitative estimate of drug-likeness (QED) is 0.246. The SMILES string of the molecule is [C-]#[N+]c1cnc(Nc2c3ccccc3nc3ccccc23)c([N+](=O)[O-])c1. The molecule has 7 heteroatoms. The molecule has 4 aromatic rings. The zero-order valence-corrected chi connectivity index (χ0v) is 13.4. The van der Waals surface area contributed by atoms with Crippen LogP contribution in [0.1, 0.15) is 0 Å². The van der Waals surface area contributed by atoms with Gasteiger partial charge >= 0.3 is 5.69 Å². The molecular weight excluding hydrogens is 330 g/mol. The molecule has 1 N–H and O–H groups in total. The molecule has 0 spiro atoms. The van der Waals surface area contributed by atoms with E-state index >= 15 is 0 Å². The molecule has 0 radical (unpaired) electrons. The van der Waals surface area contributed by atoms with Gasteiger partial charge in [-0.3, -0.25) is 10.1 Å². The Balaban J connectivity index is 1.98. The fourth-order valence-corrected chi connectivity index (χ4v) is 2.83. The minimum absolute atomic E-state index is 0.0870. The molecule has 0 atom stereocenters. The van der Waals surface area contributed by atoms with E-state index in [2.05, 4.69) is 20.1 Å². The smallest absolute Gasteiger partial charge is 0.301 e. The number of nitrogens with one attached hydrogen (secondary N) is 1. The summed E-state index contributed by atoms with van der Waals surface area (Å²) in [6.45, 7) is 7.02. The van der Waals surface area contributed by atoms with E-state index in [4.69, 9.17) is 6.57 Å². The van der Waals surface area contributed by atoms with Crippen LogP contribution in [0.25, 0.3) is 26.7 Å². The lowest BCUT2D eigenvalue weighted by molar-refractivity contribution is -0.384. The van der Waals surface area contributed by atoms with Gasteiger partial charge in [-0.2, -0.15) is 0 Å². The van der Waals surface area contributed by atoms with Gasteiger partial charge in [-0.25, -0.2) is 14.8 Å². The number of benzene rings is 2. The lowest BCUT2D eigenvalue weighted by Crippen LogP contribution is -2.01. The average molecular weight is 341 g/mol. The van der Waals surface area contributed by atoms with Crippen LogP contribution < -0.4 is 5.32 Å². The molecule has 0 saturated heterocycles. The summed E-state index contributed by atoms with van der Waals surface area (Å²) in [5.74, 6) is 0.0870. The van der Waals surface area contributed by atoms with Crippen LogP contribution in [0.2, 0.25) is 0 Å². The third-order valence-corrected chi connectivity index (χ3v) is 4.01. The molecule has 2 aromatic carbocycles. The average Bonchev–Trinajstić information content (AvgIpc) is 2.67. The standard InChI is InChI=1S/C19H11N5O2/c1-20-12-10-17(24(25)26)19(21-11-12)23-18-13-6-2-4-8-15(13)22-16-9-5-3-7-14(16)18/h2-11H,(H,21,22,23). The molecule has 0 bridgehead atoms. The molecule has 0 aliphatic carbocycles. The highest BCUT2D eigenvalue weighted by atomic mass is 16.6. The first-order valence-corrected chi connectivity index (χ1v) is 7.74. The Bertz CT molecular complexity index is 1160. The number of hydrogen-bond acceptors (Lipinski definition) is 5. The molecule has 0 aliphatic heterocycles. The lowest BCUT2D eigenvalue weighted by atomic mass is 10.1. The van der Waals surface area contributed by atoms with Gasteiger partial charge in [0.05, 0.1) is 28.2 Å². The Hall–Kier alpha value is -4.05. The first-order chi connectivity index (χ1) is 12.7. The van der Waals surface area contributed by atoms with Gasteiger partial charge in [0.1, 0.15) is 0 Å². The van der Waals surface area contributed by atoms with Crippen LogP contribution in [0, 0.1) is 16.7 Å². The molecule has 2 aromatic heterocycles. The van der Waals surface area contributed by atoms with E-state index in [0.29, 0.717) is 5.69 Å². The zero-order valence-electron chi connectivity index (χ0n) is 13.4. The molecule has 0 amide bonds. The summed E-state index contributed by atoms with van der Waals surface area (Å²) < 4.78 is 0. The number of rotatable bonds is 3. The van der Waals surface area contributed by atoms with Crippen molar-refractivity contribution in [3.63, 3.8) is 0 Å². The van der Waals surface area contributed by atoms with Crippen molar-refractivity contribution in [1.82, 2.24) is 9.97 Å². The molecule has 0 unspecified atom stereocenters. The van der Waals surface area contributed by atoms with Gasteiger partial charge < -0.3 is 5.32 Å². The van der Waals surface area contributed by atoms with Crippen molar-refractivity contribution in [1.29, 1.82) is 0 Å². The van der Waals surface area contributed by atoms with Crippen LogP contribution >= 0.6 is 0 Å². The van der Waals surface area contributed by atoms with Crippen LogP contribution in [-0.2, 0) is 0 Å². The minimum Gasteiger partial charge on any atom is -0.333 e. The maximum atomic E-state index is 11.4. The number of anilines is 2. The molecule has 124 valence electrons. The second-order valence-electron chi connectivity index (χ2n) is 5.58. The minimum atomic E-state index is -0.546. The number of nitro groups is 1. The molecular formula is C19H11N5O2. The highest BCUT2D eigenvalue weighted by Crippen LogP contribution is 2.35. The second kappa shape index (κ2) is 6.11. The maximum absolute atomic E-state index is 11.4. The monoisotopic (exact) mass is 341 g/mol. The number of fused-ring (bicyclic) bond motifs is 2. The van der Waals surface area contributed by atoms with Crippen molar-refractivity contribution >= 4 is 44.7 Å². The Morgan fingerprint density at radius 1 is 1.04 bits per heavy atom. The summed E-state index contributed by atoms with van der Waals surface area (Å²) in [4.78, 5) is 22.8. The van der Waals surface area contributed by atoms with Crippen molar-refractivity contribution in [2.75, 3.05) is 5.32 Å². The molecule has 0 saturated carbocycles. The summed E-state index contributed by atoms with van der Waals surface area (Å²) in [7, 11) is 0. The fourth-order valence-electron chi connectivity index (χ4n) is 2.83.